The Bertz CT molecular complexity index is 1530. The molecule has 4 heterocycles. The molecule has 0 unspecified atom stereocenters. The summed E-state index contributed by atoms with van der Waals surface area (Å²) in [6, 6.07) is 10.3. The summed E-state index contributed by atoms with van der Waals surface area (Å²) < 4.78 is 13.8. The lowest BCUT2D eigenvalue weighted by Gasteiger charge is -2.05. The van der Waals surface area contributed by atoms with E-state index >= 15 is 0 Å². The van der Waals surface area contributed by atoms with Gasteiger partial charge in [-0.25, -0.2) is 14.4 Å². The van der Waals surface area contributed by atoms with E-state index in [-0.39, 0.29) is 5.82 Å². The van der Waals surface area contributed by atoms with Gasteiger partial charge >= 0.3 is 0 Å². The Kier molecular flexibility index (Phi) is 3.78. The number of fused-ring (bicyclic) bond motifs is 2. The molecule has 31 heavy (non-hydrogen) atoms. The van der Waals surface area contributed by atoms with Crippen LogP contribution in [-0.2, 0) is 0 Å². The second kappa shape index (κ2) is 6.76. The summed E-state index contributed by atoms with van der Waals surface area (Å²) in [5.74, 6) is 0.265. The Morgan fingerprint density at radius 3 is 2.84 bits per heavy atom. The maximum atomic E-state index is 13.8. The lowest BCUT2D eigenvalue weighted by molar-refractivity contribution is 0.627. The van der Waals surface area contributed by atoms with Gasteiger partial charge in [-0.3, -0.25) is 10.2 Å². The van der Waals surface area contributed by atoms with E-state index in [1.807, 2.05) is 30.4 Å². The molecule has 1 aliphatic carbocycles. The second-order valence-electron chi connectivity index (χ2n) is 7.07. The molecule has 7 nitrogen and oxygen atoms in total. The number of hydrogen-bond donors (Lipinski definition) is 3. The van der Waals surface area contributed by atoms with Crippen LogP contribution in [0.5, 0.6) is 0 Å². The number of allylic oxidation sites excluding steroid dienone is 2. The summed E-state index contributed by atoms with van der Waals surface area (Å²) in [6.45, 7) is 0. The molecular weight excluding hydrogens is 393 g/mol. The van der Waals surface area contributed by atoms with Gasteiger partial charge in [-0.05, 0) is 42.0 Å². The molecule has 8 heteroatoms. The molecule has 0 amide bonds. The number of nitrogens with one attached hydrogen (secondary N) is 3. The maximum Gasteiger partial charge on any atom is 0.161 e. The van der Waals surface area contributed by atoms with Crippen molar-refractivity contribution in [2.45, 2.75) is 0 Å². The van der Waals surface area contributed by atoms with Gasteiger partial charge in [0.1, 0.15) is 11.3 Å². The number of pyridine rings is 1. The number of nitrogens with zero attached hydrogens (tertiary/aromatic N) is 4. The minimum atomic E-state index is -0.300. The fourth-order valence-electron chi connectivity index (χ4n) is 3.66. The minimum absolute atomic E-state index is 0.300. The third kappa shape index (κ3) is 2.90. The molecule has 0 atom stereocenters. The lowest BCUT2D eigenvalue weighted by atomic mass is 10.0. The molecule has 6 rings (SSSR count). The Labute approximate surface area is 175 Å². The Hall–Kier alpha value is -4.55. The third-order valence-electron chi connectivity index (χ3n) is 5.12. The van der Waals surface area contributed by atoms with Crippen LogP contribution in [0, 0.1) is 5.82 Å². The van der Waals surface area contributed by atoms with Gasteiger partial charge in [0, 0.05) is 23.4 Å². The van der Waals surface area contributed by atoms with Crippen molar-refractivity contribution >= 4 is 22.7 Å². The molecule has 3 N–H and O–H groups in total. The highest BCUT2D eigenvalue weighted by Gasteiger charge is 2.20. The number of benzene rings is 1. The molecule has 0 spiro atoms. The Morgan fingerprint density at radius 1 is 1.00 bits per heavy atom. The number of aromatic nitrogens is 7. The van der Waals surface area contributed by atoms with Gasteiger partial charge in [0.05, 0.1) is 28.8 Å². The van der Waals surface area contributed by atoms with Crippen LogP contribution in [0.4, 0.5) is 4.39 Å². The molecular formula is C23H14FN7. The highest BCUT2D eigenvalue weighted by atomic mass is 19.1. The summed E-state index contributed by atoms with van der Waals surface area (Å²) >= 11 is 0. The summed E-state index contributed by atoms with van der Waals surface area (Å²) in [7, 11) is 0. The van der Waals surface area contributed by atoms with Crippen molar-refractivity contribution in [2.75, 3.05) is 0 Å². The maximum absolute atomic E-state index is 13.8. The van der Waals surface area contributed by atoms with Gasteiger partial charge < -0.3 is 4.98 Å². The predicted octanol–water partition coefficient (Wildman–Crippen LogP) is 4.49. The van der Waals surface area contributed by atoms with E-state index < -0.39 is 0 Å². The molecule has 0 fully saturated rings. The van der Waals surface area contributed by atoms with Gasteiger partial charge in [0.15, 0.2) is 11.5 Å². The first-order valence-corrected chi connectivity index (χ1v) is 9.60. The van der Waals surface area contributed by atoms with E-state index in [2.05, 4.69) is 31.1 Å². The molecule has 4 aromatic heterocycles. The number of halogens is 1. The first-order valence-electron chi connectivity index (χ1n) is 9.60. The largest absolute Gasteiger partial charge is 0.336 e. The van der Waals surface area contributed by atoms with Gasteiger partial charge in [0.25, 0.3) is 0 Å². The Morgan fingerprint density at radius 2 is 1.97 bits per heavy atom. The topological polar surface area (TPSA) is 98.9 Å². The van der Waals surface area contributed by atoms with E-state index in [9.17, 15) is 4.39 Å². The van der Waals surface area contributed by atoms with Crippen molar-refractivity contribution in [3.8, 4) is 22.8 Å². The van der Waals surface area contributed by atoms with Gasteiger partial charge in [-0.1, -0.05) is 12.1 Å². The van der Waals surface area contributed by atoms with Crippen LogP contribution in [0.1, 0.15) is 17.0 Å². The predicted molar refractivity (Wildman–Crippen MR) is 115 cm³/mol. The van der Waals surface area contributed by atoms with E-state index in [0.717, 1.165) is 33.6 Å². The molecule has 0 saturated heterocycles. The van der Waals surface area contributed by atoms with Crippen LogP contribution >= 0.6 is 0 Å². The number of hydrogen-bond acceptors (Lipinski definition) is 4. The highest BCUT2D eigenvalue weighted by Crippen LogP contribution is 2.32. The van der Waals surface area contributed by atoms with Crippen LogP contribution < -0.4 is 0 Å². The molecule has 1 aromatic carbocycles. The van der Waals surface area contributed by atoms with Crippen molar-refractivity contribution in [1.29, 1.82) is 0 Å². The van der Waals surface area contributed by atoms with Gasteiger partial charge in [-0.2, -0.15) is 10.2 Å². The summed E-state index contributed by atoms with van der Waals surface area (Å²) in [5.41, 5.74) is 9.84. The molecule has 0 saturated carbocycles. The van der Waals surface area contributed by atoms with E-state index in [4.69, 9.17) is 9.97 Å². The fraction of sp³-hybridized carbons (Fsp3) is 0. The highest BCUT2D eigenvalue weighted by molar-refractivity contribution is 5.91. The number of imidazole rings is 1. The second-order valence-corrected chi connectivity index (χ2v) is 7.07. The van der Waals surface area contributed by atoms with Crippen molar-refractivity contribution in [1.82, 2.24) is 35.3 Å². The Balaban J connectivity index is 1.50. The first-order chi connectivity index (χ1) is 15.3. The number of H-pyrrole nitrogens is 3. The first kappa shape index (κ1) is 17.3. The summed E-state index contributed by atoms with van der Waals surface area (Å²) in [6.07, 6.45) is 8.98. The molecule has 0 bridgehead atoms. The lowest BCUT2D eigenvalue weighted by Crippen LogP contribution is -1.91. The monoisotopic (exact) mass is 407 g/mol. The van der Waals surface area contributed by atoms with Crippen molar-refractivity contribution in [2.24, 2.45) is 0 Å². The van der Waals surface area contributed by atoms with E-state index in [1.54, 1.807) is 24.5 Å². The zero-order valence-corrected chi connectivity index (χ0v) is 16.0. The molecule has 148 valence electrons. The fourth-order valence-corrected chi connectivity index (χ4v) is 3.66. The van der Waals surface area contributed by atoms with Crippen LogP contribution in [0.25, 0.3) is 45.5 Å². The average Bonchev–Trinajstić information content (AvgIpc) is 3.51. The molecule has 0 radical (unpaired) electrons. The zero-order chi connectivity index (χ0) is 20.8. The SMILES string of the molecule is Fc1cccc(C2=CC=C=Cc3[nH]c(-c4n[nH]c5ccc(-c6cn[nH]c6)nc45)nc32)c1. The zero-order valence-electron chi connectivity index (χ0n) is 16.0. The summed E-state index contributed by atoms with van der Waals surface area (Å²) in [4.78, 5) is 12.9. The van der Waals surface area contributed by atoms with Crippen LogP contribution in [0.3, 0.4) is 0 Å². The summed E-state index contributed by atoms with van der Waals surface area (Å²) in [5, 5.41) is 14.2. The number of rotatable bonds is 3. The number of aromatic amines is 3. The van der Waals surface area contributed by atoms with Crippen LogP contribution in [0.2, 0.25) is 0 Å². The van der Waals surface area contributed by atoms with Crippen molar-refractivity contribution in [3.05, 3.63) is 89.4 Å². The van der Waals surface area contributed by atoms with E-state index in [1.165, 1.54) is 12.1 Å². The van der Waals surface area contributed by atoms with Crippen LogP contribution in [-0.4, -0.2) is 35.3 Å². The van der Waals surface area contributed by atoms with Crippen LogP contribution in [0.15, 0.2) is 66.7 Å². The molecule has 0 aliphatic heterocycles. The van der Waals surface area contributed by atoms with Crippen molar-refractivity contribution in [3.63, 3.8) is 0 Å². The minimum Gasteiger partial charge on any atom is -0.336 e. The average molecular weight is 407 g/mol. The van der Waals surface area contributed by atoms with Gasteiger partial charge in [0.2, 0.25) is 0 Å². The van der Waals surface area contributed by atoms with E-state index in [0.29, 0.717) is 22.7 Å². The molecule has 5 aromatic rings. The normalized spacial score (nSPS) is 12.7. The smallest absolute Gasteiger partial charge is 0.161 e. The third-order valence-corrected chi connectivity index (χ3v) is 5.12. The van der Waals surface area contributed by atoms with Gasteiger partial charge in [-0.15, -0.1) is 5.73 Å². The van der Waals surface area contributed by atoms with Crippen molar-refractivity contribution < 1.29 is 4.39 Å². The quantitative estimate of drug-likeness (QED) is 0.384. The molecule has 1 aliphatic rings. The standard InChI is InChI=1S/C23H14FN7/c24-15-5-3-4-13(10-15)16-6-1-2-7-18-20(16)29-23(28-18)22-21-19(30-31-22)9-8-17(27-21)14-11-25-26-12-14/h1,3-12H,(H,25,26)(H,28,29)(H,30,31).